The van der Waals surface area contributed by atoms with Gasteiger partial charge in [0, 0.05) is 0 Å². The van der Waals surface area contributed by atoms with Crippen LogP contribution >= 0.6 is 15.9 Å². The topological polar surface area (TPSA) is 9.23 Å². The van der Waals surface area contributed by atoms with E-state index in [1.54, 1.807) is 0 Å². The second-order valence-corrected chi connectivity index (χ2v) is 5.22. The lowest BCUT2D eigenvalue weighted by molar-refractivity contribution is 0.304. The zero-order valence-electron chi connectivity index (χ0n) is 9.90. The van der Waals surface area contributed by atoms with Gasteiger partial charge in [-0.25, -0.2) is 0 Å². The molecule has 2 aromatic rings. The summed E-state index contributed by atoms with van der Waals surface area (Å²) in [6, 6.07) is 14.5. The largest absolute Gasteiger partial charge is 0.488 e. The van der Waals surface area contributed by atoms with E-state index in [4.69, 9.17) is 4.74 Å². The van der Waals surface area contributed by atoms with Gasteiger partial charge in [0.25, 0.3) is 0 Å². The Labute approximate surface area is 115 Å². The van der Waals surface area contributed by atoms with Crippen molar-refractivity contribution in [2.24, 2.45) is 0 Å². The van der Waals surface area contributed by atoms with E-state index < -0.39 is 0 Å². The van der Waals surface area contributed by atoms with E-state index >= 15 is 0 Å². The van der Waals surface area contributed by atoms with Crippen molar-refractivity contribution in [3.8, 4) is 5.75 Å². The summed E-state index contributed by atoms with van der Waals surface area (Å²) in [7, 11) is 0. The van der Waals surface area contributed by atoms with Crippen LogP contribution in [0.15, 0.2) is 53.0 Å². The predicted octanol–water partition coefficient (Wildman–Crippen LogP) is 4.60. The number of hydrogen-bond acceptors (Lipinski definition) is 1. The van der Waals surface area contributed by atoms with Gasteiger partial charge in [-0.1, -0.05) is 42.5 Å². The van der Waals surface area contributed by atoms with Crippen molar-refractivity contribution in [3.05, 3.63) is 69.7 Å². The zero-order chi connectivity index (χ0) is 12.4. The molecule has 1 aliphatic carbocycles. The maximum atomic E-state index is 5.87. The third kappa shape index (κ3) is 2.34. The van der Waals surface area contributed by atoms with Crippen molar-refractivity contribution in [2.75, 3.05) is 0 Å². The van der Waals surface area contributed by atoms with Crippen molar-refractivity contribution in [3.63, 3.8) is 0 Å². The maximum absolute atomic E-state index is 5.87. The molecule has 0 aromatic heterocycles. The van der Waals surface area contributed by atoms with Crippen LogP contribution in [0, 0.1) is 0 Å². The fraction of sp³-hybridized carbons (Fsp3) is 0.125. The standard InChI is InChI=1S/C16H13BrO/c17-15-9-13-7-4-8-14(13)10-16(15)18-11-12-5-2-1-3-6-12/h1-6,8-10H,7,11H2. The normalized spacial score (nSPS) is 12.5. The summed E-state index contributed by atoms with van der Waals surface area (Å²) in [6.45, 7) is 0.599. The molecule has 2 aromatic carbocycles. The first-order chi connectivity index (χ1) is 8.83. The van der Waals surface area contributed by atoms with Crippen LogP contribution in [0.1, 0.15) is 16.7 Å². The van der Waals surface area contributed by atoms with Gasteiger partial charge in [-0.2, -0.15) is 0 Å². The molecule has 0 N–H and O–H groups in total. The summed E-state index contributed by atoms with van der Waals surface area (Å²) < 4.78 is 6.90. The van der Waals surface area contributed by atoms with Gasteiger partial charge in [-0.3, -0.25) is 0 Å². The van der Waals surface area contributed by atoms with Crippen LogP contribution in [0.5, 0.6) is 5.75 Å². The Morgan fingerprint density at radius 1 is 1.11 bits per heavy atom. The third-order valence-corrected chi connectivity index (χ3v) is 3.69. The molecule has 0 fully saturated rings. The Morgan fingerprint density at radius 3 is 2.78 bits per heavy atom. The molecule has 0 aliphatic heterocycles. The molecular formula is C16H13BrO. The van der Waals surface area contributed by atoms with Crippen molar-refractivity contribution in [1.82, 2.24) is 0 Å². The monoisotopic (exact) mass is 300 g/mol. The number of ether oxygens (including phenoxy) is 1. The molecule has 0 amide bonds. The molecule has 90 valence electrons. The summed E-state index contributed by atoms with van der Waals surface area (Å²) in [5.41, 5.74) is 3.80. The predicted molar refractivity (Wildman–Crippen MR) is 77.7 cm³/mol. The lowest BCUT2D eigenvalue weighted by atomic mass is 10.1. The molecule has 1 aliphatic rings. The van der Waals surface area contributed by atoms with Gasteiger partial charge >= 0.3 is 0 Å². The SMILES string of the molecule is Brc1cc2c(cc1OCc1ccccc1)C=CC2. The molecule has 3 rings (SSSR count). The van der Waals surface area contributed by atoms with Crippen molar-refractivity contribution < 1.29 is 4.74 Å². The van der Waals surface area contributed by atoms with Gasteiger partial charge < -0.3 is 4.74 Å². The molecule has 0 saturated carbocycles. The first-order valence-electron chi connectivity index (χ1n) is 5.98. The van der Waals surface area contributed by atoms with Crippen LogP contribution in [-0.4, -0.2) is 0 Å². The van der Waals surface area contributed by atoms with E-state index in [1.807, 2.05) is 18.2 Å². The fourth-order valence-electron chi connectivity index (χ4n) is 2.10. The molecule has 0 heterocycles. The molecule has 0 atom stereocenters. The van der Waals surface area contributed by atoms with Gasteiger partial charge in [-0.05, 0) is 51.2 Å². The number of halogens is 1. The minimum atomic E-state index is 0.599. The van der Waals surface area contributed by atoms with E-state index in [0.717, 1.165) is 16.6 Å². The second-order valence-electron chi connectivity index (χ2n) is 4.36. The quantitative estimate of drug-likeness (QED) is 0.805. The average Bonchev–Trinajstić information content (AvgIpc) is 2.84. The summed E-state index contributed by atoms with van der Waals surface area (Å²) in [4.78, 5) is 0. The minimum Gasteiger partial charge on any atom is -0.488 e. The van der Waals surface area contributed by atoms with Gasteiger partial charge in [0.15, 0.2) is 0 Å². The summed E-state index contributed by atoms with van der Waals surface area (Å²) >= 11 is 3.57. The van der Waals surface area contributed by atoms with Crippen LogP contribution in [0.25, 0.3) is 6.08 Å². The Balaban J connectivity index is 1.79. The van der Waals surface area contributed by atoms with Crippen LogP contribution in [-0.2, 0) is 13.0 Å². The highest BCUT2D eigenvalue weighted by molar-refractivity contribution is 9.10. The zero-order valence-corrected chi connectivity index (χ0v) is 11.5. The van der Waals surface area contributed by atoms with Crippen LogP contribution in [0.3, 0.4) is 0 Å². The van der Waals surface area contributed by atoms with Crippen LogP contribution in [0.2, 0.25) is 0 Å². The number of rotatable bonds is 3. The fourth-order valence-corrected chi connectivity index (χ4v) is 2.61. The summed E-state index contributed by atoms with van der Waals surface area (Å²) in [5.74, 6) is 0.907. The lowest BCUT2D eigenvalue weighted by Crippen LogP contribution is -1.96. The maximum Gasteiger partial charge on any atom is 0.134 e. The van der Waals surface area contributed by atoms with Gasteiger partial charge in [0.2, 0.25) is 0 Å². The van der Waals surface area contributed by atoms with Crippen LogP contribution in [0.4, 0.5) is 0 Å². The van der Waals surface area contributed by atoms with Crippen LogP contribution < -0.4 is 4.74 Å². The van der Waals surface area contributed by atoms with E-state index in [1.165, 1.54) is 16.7 Å². The first kappa shape index (κ1) is 11.5. The van der Waals surface area contributed by atoms with E-state index in [-0.39, 0.29) is 0 Å². The van der Waals surface area contributed by atoms with Crippen molar-refractivity contribution >= 4 is 22.0 Å². The number of fused-ring (bicyclic) bond motifs is 1. The Morgan fingerprint density at radius 2 is 1.94 bits per heavy atom. The molecule has 0 unspecified atom stereocenters. The number of hydrogen-bond donors (Lipinski definition) is 0. The molecule has 0 bridgehead atoms. The highest BCUT2D eigenvalue weighted by atomic mass is 79.9. The Hall–Kier alpha value is -1.54. The van der Waals surface area contributed by atoms with E-state index in [0.29, 0.717) is 6.61 Å². The van der Waals surface area contributed by atoms with Crippen molar-refractivity contribution in [2.45, 2.75) is 13.0 Å². The molecule has 18 heavy (non-hydrogen) atoms. The number of benzene rings is 2. The molecular weight excluding hydrogens is 288 g/mol. The smallest absolute Gasteiger partial charge is 0.134 e. The molecule has 0 spiro atoms. The third-order valence-electron chi connectivity index (χ3n) is 3.07. The average molecular weight is 301 g/mol. The van der Waals surface area contributed by atoms with Gasteiger partial charge in [-0.15, -0.1) is 0 Å². The van der Waals surface area contributed by atoms with E-state index in [2.05, 4.69) is 52.3 Å². The highest BCUT2D eigenvalue weighted by Gasteiger charge is 2.10. The van der Waals surface area contributed by atoms with Gasteiger partial charge in [0.1, 0.15) is 12.4 Å². The summed E-state index contributed by atoms with van der Waals surface area (Å²) in [5, 5.41) is 0. The Bertz CT molecular complexity index is 588. The lowest BCUT2D eigenvalue weighted by Gasteiger charge is -2.10. The highest BCUT2D eigenvalue weighted by Crippen LogP contribution is 2.32. The minimum absolute atomic E-state index is 0.599. The van der Waals surface area contributed by atoms with E-state index in [9.17, 15) is 0 Å². The molecule has 1 nitrogen and oxygen atoms in total. The summed E-state index contributed by atoms with van der Waals surface area (Å²) in [6.07, 6.45) is 5.35. The van der Waals surface area contributed by atoms with Gasteiger partial charge in [0.05, 0.1) is 4.47 Å². The van der Waals surface area contributed by atoms with Crippen molar-refractivity contribution in [1.29, 1.82) is 0 Å². The molecule has 2 heteroatoms. The second kappa shape index (κ2) is 4.99. The Kier molecular flexibility index (Phi) is 3.20. The molecule has 0 radical (unpaired) electrons. The first-order valence-corrected chi connectivity index (χ1v) is 6.78. The number of allylic oxidation sites excluding steroid dienone is 1. The molecule has 0 saturated heterocycles.